The van der Waals surface area contributed by atoms with E-state index in [9.17, 15) is 18.0 Å². The van der Waals surface area contributed by atoms with E-state index in [0.717, 1.165) is 21.0 Å². The van der Waals surface area contributed by atoms with E-state index in [4.69, 9.17) is 4.74 Å². The van der Waals surface area contributed by atoms with E-state index in [1.807, 2.05) is 68.4 Å². The molecule has 0 aliphatic carbocycles. The van der Waals surface area contributed by atoms with E-state index >= 15 is 0 Å². The van der Waals surface area contributed by atoms with E-state index in [0.29, 0.717) is 5.56 Å². The summed E-state index contributed by atoms with van der Waals surface area (Å²) in [6, 6.07) is 27.4. The van der Waals surface area contributed by atoms with Gasteiger partial charge in [-0.3, -0.25) is 4.79 Å². The van der Waals surface area contributed by atoms with Crippen molar-refractivity contribution >= 4 is 27.6 Å². The number of methoxy groups -OCH3 is 1. The molecular formula is C32H30N2O5S. The van der Waals surface area contributed by atoms with Gasteiger partial charge in [0.15, 0.2) is 6.04 Å². The second-order valence-electron chi connectivity index (χ2n) is 9.87. The van der Waals surface area contributed by atoms with Gasteiger partial charge < -0.3 is 9.64 Å². The topological polar surface area (TPSA) is 84.0 Å². The molecule has 0 spiro atoms. The van der Waals surface area contributed by atoms with Crippen LogP contribution >= 0.6 is 0 Å². The van der Waals surface area contributed by atoms with Gasteiger partial charge in [-0.1, -0.05) is 90.0 Å². The minimum Gasteiger partial charge on any atom is -0.467 e. The van der Waals surface area contributed by atoms with Crippen LogP contribution in [-0.2, 0) is 26.1 Å². The molecule has 0 saturated carbocycles. The Balaban J connectivity index is 1.82. The minimum atomic E-state index is -4.33. The minimum absolute atomic E-state index is 0.00780. The Morgan fingerprint density at radius 1 is 0.800 bits per heavy atom. The van der Waals surface area contributed by atoms with Crippen molar-refractivity contribution in [3.05, 3.63) is 131 Å². The van der Waals surface area contributed by atoms with Gasteiger partial charge in [0.1, 0.15) is 0 Å². The Labute approximate surface area is 234 Å². The molecule has 5 rings (SSSR count). The molecule has 1 aliphatic heterocycles. The van der Waals surface area contributed by atoms with Gasteiger partial charge in [-0.25, -0.2) is 17.5 Å². The Hall–Kier alpha value is -4.43. The highest BCUT2D eigenvalue weighted by molar-refractivity contribution is 7.93. The lowest BCUT2D eigenvalue weighted by molar-refractivity contribution is -0.143. The van der Waals surface area contributed by atoms with Gasteiger partial charge in [0.05, 0.1) is 29.3 Å². The number of nitrogens with zero attached hydrogens (tertiary/aromatic N) is 2. The summed E-state index contributed by atoms with van der Waals surface area (Å²) in [6.45, 7) is 3.95. The van der Waals surface area contributed by atoms with Crippen LogP contribution in [0.2, 0.25) is 0 Å². The summed E-state index contributed by atoms with van der Waals surface area (Å²) in [5, 5.41) is 0. The monoisotopic (exact) mass is 554 g/mol. The maximum Gasteiger partial charge on any atom is 0.332 e. The number of anilines is 1. The van der Waals surface area contributed by atoms with Crippen molar-refractivity contribution in [2.45, 2.75) is 37.4 Å². The molecule has 8 heteroatoms. The van der Waals surface area contributed by atoms with Gasteiger partial charge in [0.2, 0.25) is 0 Å². The molecule has 4 aromatic rings. The van der Waals surface area contributed by atoms with E-state index < -0.39 is 28.1 Å². The molecule has 4 aromatic carbocycles. The van der Waals surface area contributed by atoms with Crippen LogP contribution < -0.4 is 4.31 Å². The standard InChI is InChI=1S/C32H30N2O5S/c1-22-13-17-25(18-14-22)29-30(32(36)39-3)34(40(37,38)26-19-15-23(2)16-20-26)28-12-8-7-11-27(28)31(35)33(29)21-24-9-5-4-6-10-24/h4-20,29-30H,21H2,1-3H3/t29-,30-/m0/s1. The number of aryl methyl sites for hydroxylation is 2. The summed E-state index contributed by atoms with van der Waals surface area (Å²) in [5.41, 5.74) is 3.63. The van der Waals surface area contributed by atoms with Crippen molar-refractivity contribution in [2.24, 2.45) is 0 Å². The van der Waals surface area contributed by atoms with Crippen LogP contribution in [0.4, 0.5) is 5.69 Å². The highest BCUT2D eigenvalue weighted by atomic mass is 32.2. The summed E-state index contributed by atoms with van der Waals surface area (Å²) >= 11 is 0. The second-order valence-corrected chi connectivity index (χ2v) is 11.7. The third-order valence-corrected chi connectivity index (χ3v) is 8.96. The molecule has 204 valence electrons. The summed E-state index contributed by atoms with van der Waals surface area (Å²) in [5.74, 6) is -1.16. The fourth-order valence-corrected chi connectivity index (χ4v) is 6.73. The van der Waals surface area contributed by atoms with Crippen LogP contribution in [0.1, 0.15) is 38.7 Å². The molecule has 0 saturated heterocycles. The van der Waals surface area contributed by atoms with Gasteiger partial charge in [-0.15, -0.1) is 0 Å². The number of carbonyl (C=O) groups is 2. The number of para-hydroxylation sites is 1. The van der Waals surface area contributed by atoms with Crippen LogP contribution in [0, 0.1) is 13.8 Å². The van der Waals surface area contributed by atoms with Crippen LogP contribution in [0.3, 0.4) is 0 Å². The number of fused-ring (bicyclic) bond motifs is 1. The molecule has 0 fully saturated rings. The molecule has 0 aromatic heterocycles. The van der Waals surface area contributed by atoms with Crippen molar-refractivity contribution in [1.29, 1.82) is 0 Å². The first-order chi connectivity index (χ1) is 19.2. The first-order valence-corrected chi connectivity index (χ1v) is 14.4. The highest BCUT2D eigenvalue weighted by Crippen LogP contribution is 2.42. The van der Waals surface area contributed by atoms with Crippen LogP contribution in [0.5, 0.6) is 0 Å². The molecule has 0 unspecified atom stereocenters. The zero-order valence-electron chi connectivity index (χ0n) is 22.5. The normalized spacial score (nSPS) is 17.2. The third kappa shape index (κ3) is 4.98. The molecule has 0 bridgehead atoms. The molecule has 0 radical (unpaired) electrons. The maximum absolute atomic E-state index is 14.4. The number of amides is 1. The van der Waals surface area contributed by atoms with Gasteiger partial charge in [0, 0.05) is 6.54 Å². The first-order valence-electron chi connectivity index (χ1n) is 12.9. The van der Waals surface area contributed by atoms with Crippen LogP contribution in [0.15, 0.2) is 108 Å². The predicted octanol–water partition coefficient (Wildman–Crippen LogP) is 5.44. The van der Waals surface area contributed by atoms with Crippen molar-refractivity contribution in [3.8, 4) is 0 Å². The zero-order chi connectivity index (χ0) is 28.4. The van der Waals surface area contributed by atoms with Gasteiger partial charge in [-0.05, 0) is 49.2 Å². The molecule has 2 atom stereocenters. The number of sulfonamides is 1. The average molecular weight is 555 g/mol. The number of ether oxygens (including phenoxy) is 1. The van der Waals surface area contributed by atoms with Crippen LogP contribution in [-0.4, -0.2) is 38.3 Å². The first kappa shape index (κ1) is 27.1. The Kier molecular flexibility index (Phi) is 7.45. The van der Waals surface area contributed by atoms with Crippen LogP contribution in [0.25, 0.3) is 0 Å². The second kappa shape index (κ2) is 11.0. The Morgan fingerprint density at radius 2 is 1.38 bits per heavy atom. The number of hydrogen-bond donors (Lipinski definition) is 0. The fraction of sp³-hybridized carbons (Fsp3) is 0.188. The van der Waals surface area contributed by atoms with E-state index in [1.54, 1.807) is 41.3 Å². The lowest BCUT2D eigenvalue weighted by Gasteiger charge is -2.38. The number of benzene rings is 4. The van der Waals surface area contributed by atoms with E-state index in [2.05, 4.69) is 0 Å². The summed E-state index contributed by atoms with van der Waals surface area (Å²) < 4.78 is 35.2. The third-order valence-electron chi connectivity index (χ3n) is 7.16. The van der Waals surface area contributed by atoms with Gasteiger partial charge in [0.25, 0.3) is 15.9 Å². The SMILES string of the molecule is COC(=O)[C@@H]1[C@H](c2ccc(C)cc2)N(Cc2ccccc2)C(=O)c2ccccc2N1S(=O)(=O)c1ccc(C)cc1. The van der Waals surface area contributed by atoms with Crippen molar-refractivity contribution in [1.82, 2.24) is 4.90 Å². The molecule has 40 heavy (non-hydrogen) atoms. The zero-order valence-corrected chi connectivity index (χ0v) is 23.3. The van der Waals surface area contributed by atoms with E-state index in [-0.39, 0.29) is 28.6 Å². The lowest BCUT2D eigenvalue weighted by atomic mass is 9.96. The average Bonchev–Trinajstić information content (AvgIpc) is 3.07. The number of carbonyl (C=O) groups excluding carboxylic acids is 2. The highest BCUT2D eigenvalue weighted by Gasteiger charge is 2.50. The largest absolute Gasteiger partial charge is 0.467 e. The number of esters is 1. The molecule has 1 heterocycles. The van der Waals surface area contributed by atoms with Crippen molar-refractivity contribution < 1.29 is 22.7 Å². The number of rotatable bonds is 6. The van der Waals surface area contributed by atoms with Crippen molar-refractivity contribution in [3.63, 3.8) is 0 Å². The smallest absolute Gasteiger partial charge is 0.332 e. The fourth-order valence-electron chi connectivity index (χ4n) is 5.10. The summed E-state index contributed by atoms with van der Waals surface area (Å²) in [6.07, 6.45) is 0. The van der Waals surface area contributed by atoms with Gasteiger partial charge in [-0.2, -0.15) is 0 Å². The lowest BCUT2D eigenvalue weighted by Crippen LogP contribution is -2.52. The van der Waals surface area contributed by atoms with E-state index in [1.165, 1.54) is 19.2 Å². The molecular weight excluding hydrogens is 524 g/mol. The molecule has 0 N–H and O–H groups in total. The van der Waals surface area contributed by atoms with Gasteiger partial charge >= 0.3 is 5.97 Å². The quantitative estimate of drug-likeness (QED) is 0.297. The Bertz CT molecular complexity index is 1640. The summed E-state index contributed by atoms with van der Waals surface area (Å²) in [4.78, 5) is 29.7. The Morgan fingerprint density at radius 3 is 2.00 bits per heavy atom. The molecule has 7 nitrogen and oxygen atoms in total. The van der Waals surface area contributed by atoms with Crippen molar-refractivity contribution in [2.75, 3.05) is 11.4 Å². The maximum atomic E-state index is 14.4. The number of hydrogen-bond acceptors (Lipinski definition) is 5. The molecule has 1 amide bonds. The molecule has 1 aliphatic rings. The predicted molar refractivity (Wildman–Crippen MR) is 153 cm³/mol. The summed E-state index contributed by atoms with van der Waals surface area (Å²) in [7, 11) is -3.11.